The van der Waals surface area contributed by atoms with Gasteiger partial charge in [-0.05, 0) is 41.8 Å². The van der Waals surface area contributed by atoms with Crippen molar-refractivity contribution in [1.82, 2.24) is 4.90 Å². The quantitative estimate of drug-likeness (QED) is 0.795. The maximum atomic E-state index is 12.0. The first-order valence-corrected chi connectivity index (χ1v) is 7.34. The highest BCUT2D eigenvalue weighted by molar-refractivity contribution is 5.99. The number of hydrogen-bond acceptors (Lipinski definition) is 2. The molecule has 3 rings (SSSR count). The number of carbonyl (C=O) groups excluding carboxylic acids is 1. The highest BCUT2D eigenvalue weighted by Gasteiger charge is 2.20. The van der Waals surface area contributed by atoms with E-state index in [1.54, 1.807) is 6.07 Å². The lowest BCUT2D eigenvalue weighted by atomic mass is 9.99. The first kappa shape index (κ1) is 14.9. The van der Waals surface area contributed by atoms with E-state index in [9.17, 15) is 9.59 Å². The van der Waals surface area contributed by atoms with Gasteiger partial charge < -0.3 is 20.6 Å². The van der Waals surface area contributed by atoms with Crippen molar-refractivity contribution in [1.29, 1.82) is 0 Å². The van der Waals surface area contributed by atoms with Gasteiger partial charge in [-0.1, -0.05) is 24.3 Å². The van der Waals surface area contributed by atoms with Gasteiger partial charge in [-0.25, -0.2) is 9.59 Å². The monoisotopic (exact) mass is 311 g/mol. The second-order valence-electron chi connectivity index (χ2n) is 5.38. The van der Waals surface area contributed by atoms with Crippen LogP contribution in [0.5, 0.6) is 0 Å². The van der Waals surface area contributed by atoms with Gasteiger partial charge in [0.2, 0.25) is 0 Å². The molecular weight excluding hydrogens is 294 g/mol. The minimum Gasteiger partial charge on any atom is -0.465 e. The third-order valence-corrected chi connectivity index (χ3v) is 3.78. The third kappa shape index (κ3) is 3.60. The zero-order valence-corrected chi connectivity index (χ0v) is 12.5. The lowest BCUT2D eigenvalue weighted by molar-refractivity contribution is 0.140. The number of rotatable bonds is 2. The predicted octanol–water partition coefficient (Wildman–Crippen LogP) is 3.37. The molecule has 0 spiro atoms. The smallest absolute Gasteiger partial charge is 0.407 e. The van der Waals surface area contributed by atoms with Gasteiger partial charge in [0.25, 0.3) is 0 Å². The minimum atomic E-state index is -0.903. The van der Waals surface area contributed by atoms with Gasteiger partial charge in [0.05, 0.1) is 0 Å². The summed E-state index contributed by atoms with van der Waals surface area (Å²) in [6.07, 6.45) is -0.252. The average molecular weight is 311 g/mol. The molecule has 0 saturated carbocycles. The van der Waals surface area contributed by atoms with E-state index in [-0.39, 0.29) is 6.03 Å². The van der Waals surface area contributed by atoms with Crippen LogP contribution in [0, 0.1) is 0 Å². The van der Waals surface area contributed by atoms with Crippen LogP contribution < -0.4 is 10.6 Å². The molecular formula is C17H17N3O3. The molecule has 0 bridgehead atoms. The Bertz CT molecular complexity index is 731. The minimum absolute atomic E-state index is 0.306. The van der Waals surface area contributed by atoms with Gasteiger partial charge >= 0.3 is 12.1 Å². The Morgan fingerprint density at radius 2 is 1.70 bits per heavy atom. The van der Waals surface area contributed by atoms with Crippen molar-refractivity contribution in [3.8, 4) is 0 Å². The van der Waals surface area contributed by atoms with Gasteiger partial charge in [0.15, 0.2) is 0 Å². The molecule has 3 amide bonds. The van der Waals surface area contributed by atoms with Gasteiger partial charge in [0.1, 0.15) is 0 Å². The molecule has 0 aromatic heterocycles. The largest absolute Gasteiger partial charge is 0.465 e. The van der Waals surface area contributed by atoms with Crippen LogP contribution in [0.15, 0.2) is 48.5 Å². The highest BCUT2D eigenvalue weighted by atomic mass is 16.4. The van der Waals surface area contributed by atoms with E-state index < -0.39 is 6.09 Å². The van der Waals surface area contributed by atoms with Crippen molar-refractivity contribution in [3.63, 3.8) is 0 Å². The molecule has 0 unspecified atom stereocenters. The normalized spacial score (nSPS) is 13.1. The molecule has 23 heavy (non-hydrogen) atoms. The molecule has 2 aromatic carbocycles. The number of anilines is 2. The Labute approximate surface area is 133 Å². The first-order chi connectivity index (χ1) is 11.1. The van der Waals surface area contributed by atoms with Crippen LogP contribution in [-0.4, -0.2) is 28.7 Å². The Balaban J connectivity index is 1.66. The summed E-state index contributed by atoms with van der Waals surface area (Å²) in [5.41, 5.74) is 3.47. The summed E-state index contributed by atoms with van der Waals surface area (Å²) < 4.78 is 0. The Morgan fingerprint density at radius 1 is 0.957 bits per heavy atom. The van der Waals surface area contributed by atoms with E-state index in [1.807, 2.05) is 42.5 Å². The summed E-state index contributed by atoms with van der Waals surface area (Å²) in [6, 6.07) is 14.5. The number of carboxylic acid groups (broad SMARTS) is 1. The molecule has 118 valence electrons. The molecule has 1 aliphatic heterocycles. The van der Waals surface area contributed by atoms with E-state index in [4.69, 9.17) is 5.11 Å². The van der Waals surface area contributed by atoms with E-state index in [1.165, 1.54) is 4.90 Å². The fraction of sp³-hybridized carbons (Fsp3) is 0.176. The second-order valence-corrected chi connectivity index (χ2v) is 5.38. The van der Waals surface area contributed by atoms with Crippen LogP contribution >= 0.6 is 0 Å². The molecule has 0 fully saturated rings. The van der Waals surface area contributed by atoms with Crippen molar-refractivity contribution < 1.29 is 14.7 Å². The number of nitrogens with zero attached hydrogens (tertiary/aromatic N) is 1. The molecule has 0 radical (unpaired) electrons. The summed E-state index contributed by atoms with van der Waals surface area (Å²) in [6.45, 7) is 0.864. The fourth-order valence-corrected chi connectivity index (χ4v) is 2.61. The summed E-state index contributed by atoms with van der Waals surface area (Å²) >= 11 is 0. The van der Waals surface area contributed by atoms with Crippen molar-refractivity contribution in [2.75, 3.05) is 17.2 Å². The number of fused-ring (bicyclic) bond motifs is 1. The third-order valence-electron chi connectivity index (χ3n) is 3.78. The van der Waals surface area contributed by atoms with Crippen LogP contribution in [0.3, 0.4) is 0 Å². The van der Waals surface area contributed by atoms with Crippen LogP contribution in [0.2, 0.25) is 0 Å². The topological polar surface area (TPSA) is 81.7 Å². The molecule has 0 atom stereocenters. The number of nitrogens with one attached hydrogen (secondary N) is 2. The summed E-state index contributed by atoms with van der Waals surface area (Å²) in [5, 5.41) is 14.6. The zero-order valence-electron chi connectivity index (χ0n) is 12.5. The van der Waals surface area contributed by atoms with Gasteiger partial charge in [0, 0.05) is 24.5 Å². The molecule has 0 aliphatic carbocycles. The molecule has 3 N–H and O–H groups in total. The number of amides is 3. The van der Waals surface area contributed by atoms with Crippen LogP contribution in [0.25, 0.3) is 0 Å². The summed E-state index contributed by atoms with van der Waals surface area (Å²) in [5.74, 6) is 0. The number of urea groups is 1. The second kappa shape index (κ2) is 6.39. The van der Waals surface area contributed by atoms with Crippen molar-refractivity contribution in [2.45, 2.75) is 13.0 Å². The SMILES string of the molecule is O=C(Nc1ccccc1)Nc1ccc2c(c1)CCN(C(=O)O)C2. The summed E-state index contributed by atoms with van der Waals surface area (Å²) in [4.78, 5) is 24.4. The number of benzene rings is 2. The molecule has 1 aliphatic rings. The highest BCUT2D eigenvalue weighted by Crippen LogP contribution is 2.23. The molecule has 1 heterocycles. The molecule has 2 aromatic rings. The van der Waals surface area contributed by atoms with Gasteiger partial charge in [-0.15, -0.1) is 0 Å². The first-order valence-electron chi connectivity index (χ1n) is 7.34. The Hall–Kier alpha value is -3.02. The Morgan fingerprint density at radius 3 is 2.43 bits per heavy atom. The number of carbonyl (C=O) groups is 2. The van der Waals surface area contributed by atoms with E-state index in [2.05, 4.69) is 10.6 Å². The fourth-order valence-electron chi connectivity index (χ4n) is 2.61. The van der Waals surface area contributed by atoms with E-state index in [0.29, 0.717) is 25.2 Å². The maximum Gasteiger partial charge on any atom is 0.407 e. The van der Waals surface area contributed by atoms with Crippen molar-refractivity contribution in [2.24, 2.45) is 0 Å². The van der Waals surface area contributed by atoms with Crippen LogP contribution in [-0.2, 0) is 13.0 Å². The van der Waals surface area contributed by atoms with Crippen LogP contribution in [0.4, 0.5) is 21.0 Å². The number of hydrogen-bond donors (Lipinski definition) is 3. The van der Waals surface area contributed by atoms with Gasteiger partial charge in [-0.2, -0.15) is 0 Å². The standard InChI is InChI=1S/C17H17N3O3/c21-16(18-14-4-2-1-3-5-14)19-15-7-6-13-11-20(17(22)23)9-8-12(13)10-15/h1-7,10H,8-9,11H2,(H,22,23)(H2,18,19,21). The van der Waals surface area contributed by atoms with Gasteiger partial charge in [-0.3, -0.25) is 0 Å². The van der Waals surface area contributed by atoms with Crippen molar-refractivity contribution in [3.05, 3.63) is 59.7 Å². The lowest BCUT2D eigenvalue weighted by Gasteiger charge is -2.26. The van der Waals surface area contributed by atoms with Crippen molar-refractivity contribution >= 4 is 23.5 Å². The average Bonchev–Trinajstić information content (AvgIpc) is 2.55. The predicted molar refractivity (Wildman–Crippen MR) is 87.7 cm³/mol. The maximum absolute atomic E-state index is 12.0. The number of para-hydroxylation sites is 1. The van der Waals surface area contributed by atoms with Crippen LogP contribution in [0.1, 0.15) is 11.1 Å². The molecule has 6 nitrogen and oxygen atoms in total. The lowest BCUT2D eigenvalue weighted by Crippen LogP contribution is -2.34. The van der Waals surface area contributed by atoms with E-state index >= 15 is 0 Å². The molecule has 6 heteroatoms. The molecule has 0 saturated heterocycles. The zero-order chi connectivity index (χ0) is 16.2. The Kier molecular flexibility index (Phi) is 4.14. The summed E-state index contributed by atoms with van der Waals surface area (Å²) in [7, 11) is 0. The van der Waals surface area contributed by atoms with E-state index in [0.717, 1.165) is 16.8 Å².